The van der Waals surface area contributed by atoms with Crippen molar-refractivity contribution >= 4 is 51.2 Å². The Hall–Kier alpha value is -4.41. The van der Waals surface area contributed by atoms with Crippen LogP contribution in [0.15, 0.2) is 88.9 Å². The SMILES string of the molecule is COCCN1C(=O)C(=Cc2cn(Cc3ccc([N+](=O)[O-])cc3)c3ccccc23)SC1=Nc1ccc(OC)cc1. The van der Waals surface area contributed by atoms with Gasteiger partial charge in [0.05, 0.1) is 35.8 Å². The number of amides is 1. The number of rotatable bonds is 9. The maximum atomic E-state index is 13.5. The van der Waals surface area contributed by atoms with Crippen molar-refractivity contribution in [3.8, 4) is 5.75 Å². The van der Waals surface area contributed by atoms with E-state index in [9.17, 15) is 14.9 Å². The van der Waals surface area contributed by atoms with Crippen LogP contribution in [0.4, 0.5) is 11.4 Å². The summed E-state index contributed by atoms with van der Waals surface area (Å²) >= 11 is 1.33. The van der Waals surface area contributed by atoms with Crippen LogP contribution in [-0.4, -0.2) is 52.8 Å². The average Bonchev–Trinajstić information content (AvgIpc) is 3.44. The molecule has 3 aromatic carbocycles. The number of thioether (sulfide) groups is 1. The summed E-state index contributed by atoms with van der Waals surface area (Å²) in [6.45, 7) is 1.30. The highest BCUT2D eigenvalue weighted by atomic mass is 32.2. The standard InChI is InChI=1S/C29H26N4O5S/c1-37-16-15-32-28(34)27(39-29(32)30-22-9-13-24(38-2)14-10-22)17-21-19-31(26-6-4-3-5-25(21)26)18-20-7-11-23(12-8-20)33(35)36/h3-14,17,19H,15-16,18H2,1-2H3. The molecule has 39 heavy (non-hydrogen) atoms. The summed E-state index contributed by atoms with van der Waals surface area (Å²) in [4.78, 5) is 31.0. The number of carbonyl (C=O) groups is 1. The number of hydrogen-bond acceptors (Lipinski definition) is 7. The fourth-order valence-corrected chi connectivity index (χ4v) is 5.34. The van der Waals surface area contributed by atoms with Crippen molar-refractivity contribution in [3.63, 3.8) is 0 Å². The van der Waals surface area contributed by atoms with Crippen LogP contribution in [0.1, 0.15) is 11.1 Å². The molecule has 10 heteroatoms. The molecule has 1 aliphatic rings. The van der Waals surface area contributed by atoms with Crippen molar-refractivity contribution in [3.05, 3.63) is 105 Å². The number of carbonyl (C=O) groups excluding carboxylic acids is 1. The molecular formula is C29H26N4O5S. The van der Waals surface area contributed by atoms with Gasteiger partial charge in [0.25, 0.3) is 11.6 Å². The van der Waals surface area contributed by atoms with Crippen LogP contribution in [0, 0.1) is 10.1 Å². The van der Waals surface area contributed by atoms with Crippen molar-refractivity contribution in [2.24, 2.45) is 4.99 Å². The highest BCUT2D eigenvalue weighted by Gasteiger charge is 2.33. The zero-order chi connectivity index (χ0) is 27.4. The Morgan fingerprint density at radius 3 is 2.46 bits per heavy atom. The molecule has 0 aliphatic carbocycles. The first-order chi connectivity index (χ1) is 19.0. The number of fused-ring (bicyclic) bond motifs is 1. The summed E-state index contributed by atoms with van der Waals surface area (Å²) in [6, 6.07) is 21.9. The molecule has 1 saturated heterocycles. The molecule has 1 amide bonds. The number of nitro benzene ring substituents is 1. The Bertz CT molecular complexity index is 1580. The molecule has 0 unspecified atom stereocenters. The molecule has 0 N–H and O–H groups in total. The Morgan fingerprint density at radius 1 is 1.03 bits per heavy atom. The van der Waals surface area contributed by atoms with Gasteiger partial charge in [-0.05, 0) is 53.7 Å². The van der Waals surface area contributed by atoms with E-state index in [2.05, 4.69) is 4.57 Å². The van der Waals surface area contributed by atoms with Crippen molar-refractivity contribution in [1.29, 1.82) is 0 Å². The summed E-state index contributed by atoms with van der Waals surface area (Å²) in [5.41, 5.74) is 3.62. The number of benzene rings is 3. The summed E-state index contributed by atoms with van der Waals surface area (Å²) in [5, 5.41) is 12.6. The molecule has 1 aliphatic heterocycles. The van der Waals surface area contributed by atoms with E-state index in [1.165, 1.54) is 23.9 Å². The smallest absolute Gasteiger partial charge is 0.269 e. The van der Waals surface area contributed by atoms with Crippen LogP contribution in [0.2, 0.25) is 0 Å². The van der Waals surface area contributed by atoms with Crippen molar-refractivity contribution in [2.45, 2.75) is 6.54 Å². The monoisotopic (exact) mass is 542 g/mol. The van der Waals surface area contributed by atoms with Crippen molar-refractivity contribution < 1.29 is 19.2 Å². The topological polar surface area (TPSA) is 99.2 Å². The summed E-state index contributed by atoms with van der Waals surface area (Å²) in [5.74, 6) is 0.604. The van der Waals surface area contributed by atoms with Crippen molar-refractivity contribution in [2.75, 3.05) is 27.4 Å². The summed E-state index contributed by atoms with van der Waals surface area (Å²) in [6.07, 6.45) is 3.91. The maximum Gasteiger partial charge on any atom is 0.269 e. The molecule has 9 nitrogen and oxygen atoms in total. The predicted octanol–water partition coefficient (Wildman–Crippen LogP) is 5.86. The lowest BCUT2D eigenvalue weighted by atomic mass is 10.1. The molecule has 0 radical (unpaired) electrons. The van der Waals surface area contributed by atoms with Gasteiger partial charge in [-0.25, -0.2) is 4.99 Å². The summed E-state index contributed by atoms with van der Waals surface area (Å²) in [7, 11) is 3.21. The number of methoxy groups -OCH3 is 2. The van der Waals surface area contributed by atoms with Gasteiger partial charge in [0, 0.05) is 48.5 Å². The van der Waals surface area contributed by atoms with E-state index < -0.39 is 4.92 Å². The zero-order valence-corrected chi connectivity index (χ0v) is 22.3. The maximum absolute atomic E-state index is 13.5. The highest BCUT2D eigenvalue weighted by molar-refractivity contribution is 8.18. The van der Waals surface area contributed by atoms with Crippen LogP contribution < -0.4 is 4.74 Å². The molecule has 0 saturated carbocycles. The minimum atomic E-state index is -0.405. The number of non-ortho nitro benzene ring substituents is 1. The highest BCUT2D eigenvalue weighted by Crippen LogP contribution is 2.36. The van der Waals surface area contributed by atoms with Gasteiger partial charge in [-0.1, -0.05) is 30.3 Å². The van der Waals surface area contributed by atoms with Gasteiger partial charge < -0.3 is 14.0 Å². The first-order valence-corrected chi connectivity index (χ1v) is 13.0. The van der Waals surface area contributed by atoms with E-state index in [-0.39, 0.29) is 11.6 Å². The largest absolute Gasteiger partial charge is 0.497 e. The molecule has 2 heterocycles. The second-order valence-corrected chi connectivity index (χ2v) is 9.81. The minimum Gasteiger partial charge on any atom is -0.497 e. The lowest BCUT2D eigenvalue weighted by Gasteiger charge is -2.14. The number of nitro groups is 1. The molecule has 198 valence electrons. The van der Waals surface area contributed by atoms with Crippen LogP contribution in [0.3, 0.4) is 0 Å². The minimum absolute atomic E-state index is 0.0587. The fourth-order valence-electron chi connectivity index (χ4n) is 4.32. The Morgan fingerprint density at radius 2 is 1.77 bits per heavy atom. The molecule has 1 fully saturated rings. The third-order valence-corrected chi connectivity index (χ3v) is 7.32. The molecule has 4 aromatic rings. The molecule has 0 atom stereocenters. The third-order valence-electron chi connectivity index (χ3n) is 6.31. The predicted molar refractivity (Wildman–Crippen MR) is 153 cm³/mol. The van der Waals surface area contributed by atoms with Crippen LogP contribution >= 0.6 is 11.8 Å². The second kappa shape index (κ2) is 11.5. The Balaban J connectivity index is 1.48. The van der Waals surface area contributed by atoms with Crippen LogP contribution in [0.25, 0.3) is 17.0 Å². The van der Waals surface area contributed by atoms with E-state index >= 15 is 0 Å². The van der Waals surface area contributed by atoms with Gasteiger partial charge in [-0.15, -0.1) is 0 Å². The zero-order valence-electron chi connectivity index (χ0n) is 21.4. The number of hydrogen-bond donors (Lipinski definition) is 0. The second-order valence-electron chi connectivity index (χ2n) is 8.81. The van der Waals surface area contributed by atoms with Crippen LogP contribution in [0.5, 0.6) is 5.75 Å². The van der Waals surface area contributed by atoms with Gasteiger partial charge in [0.15, 0.2) is 5.17 Å². The first-order valence-electron chi connectivity index (χ1n) is 12.2. The van der Waals surface area contributed by atoms with Gasteiger partial charge in [-0.2, -0.15) is 0 Å². The van der Waals surface area contributed by atoms with Gasteiger partial charge in [0.2, 0.25) is 0 Å². The number of nitrogens with zero attached hydrogens (tertiary/aromatic N) is 4. The van der Waals surface area contributed by atoms with E-state index in [4.69, 9.17) is 14.5 Å². The van der Waals surface area contributed by atoms with E-state index in [1.807, 2.05) is 60.8 Å². The number of aliphatic imine (C=N–C) groups is 1. The average molecular weight is 543 g/mol. The van der Waals surface area contributed by atoms with E-state index in [0.29, 0.717) is 29.8 Å². The normalized spacial score (nSPS) is 15.5. The molecule has 5 rings (SSSR count). The van der Waals surface area contributed by atoms with Gasteiger partial charge >= 0.3 is 0 Å². The number of para-hydroxylation sites is 1. The number of ether oxygens (including phenoxy) is 2. The lowest BCUT2D eigenvalue weighted by Crippen LogP contribution is -2.32. The van der Waals surface area contributed by atoms with E-state index in [0.717, 1.165) is 33.5 Å². The molecule has 0 bridgehead atoms. The molecular weight excluding hydrogens is 516 g/mol. The van der Waals surface area contributed by atoms with E-state index in [1.54, 1.807) is 31.3 Å². The molecule has 0 spiro atoms. The van der Waals surface area contributed by atoms with Crippen molar-refractivity contribution in [1.82, 2.24) is 9.47 Å². The Labute approximate surface area is 229 Å². The van der Waals surface area contributed by atoms with Gasteiger partial charge in [-0.3, -0.25) is 19.8 Å². The third kappa shape index (κ3) is 5.71. The molecule has 1 aromatic heterocycles. The van der Waals surface area contributed by atoms with Crippen LogP contribution in [-0.2, 0) is 16.1 Å². The fraction of sp³-hybridized carbons (Fsp3) is 0.172. The Kier molecular flexibility index (Phi) is 7.76. The summed E-state index contributed by atoms with van der Waals surface area (Å²) < 4.78 is 12.6. The lowest BCUT2D eigenvalue weighted by molar-refractivity contribution is -0.384. The number of amidine groups is 1. The van der Waals surface area contributed by atoms with Gasteiger partial charge in [0.1, 0.15) is 5.75 Å². The quantitative estimate of drug-likeness (QED) is 0.149. The first kappa shape index (κ1) is 26.2. The number of aromatic nitrogens is 1.